The number of hydrogen-bond acceptors (Lipinski definition) is 2. The van der Waals surface area contributed by atoms with Gasteiger partial charge in [0.1, 0.15) is 6.07 Å². The van der Waals surface area contributed by atoms with E-state index in [-0.39, 0.29) is 5.78 Å². The van der Waals surface area contributed by atoms with Gasteiger partial charge in [0.15, 0.2) is 5.78 Å². The molecule has 0 bridgehead atoms. The summed E-state index contributed by atoms with van der Waals surface area (Å²) >= 11 is 2.06. The summed E-state index contributed by atoms with van der Waals surface area (Å²) in [5.74, 6) is -0.0485. The highest BCUT2D eigenvalue weighted by Gasteiger charge is 2.12. The van der Waals surface area contributed by atoms with E-state index in [1.54, 1.807) is 0 Å². The Morgan fingerprint density at radius 1 is 1.54 bits per heavy atom. The number of nitrogens with zero attached hydrogens (tertiary/aromatic N) is 1. The van der Waals surface area contributed by atoms with Gasteiger partial charge in [-0.3, -0.25) is 4.79 Å². The van der Waals surface area contributed by atoms with Crippen LogP contribution in [0.5, 0.6) is 0 Å². The summed E-state index contributed by atoms with van der Waals surface area (Å²) in [7, 11) is 0. The largest absolute Gasteiger partial charge is 0.294 e. The van der Waals surface area contributed by atoms with Crippen LogP contribution in [0, 0.1) is 21.8 Å². The van der Waals surface area contributed by atoms with E-state index in [2.05, 4.69) is 28.7 Å². The van der Waals surface area contributed by atoms with E-state index in [9.17, 15) is 4.79 Å². The van der Waals surface area contributed by atoms with Crippen LogP contribution in [0.25, 0.3) is 0 Å². The summed E-state index contributed by atoms with van der Waals surface area (Å²) in [4.78, 5) is 11.2. The highest BCUT2D eigenvalue weighted by molar-refractivity contribution is 14.1. The van der Waals surface area contributed by atoms with Crippen molar-refractivity contribution >= 4 is 28.4 Å². The Kier molecular flexibility index (Phi) is 3.04. The molecule has 0 aliphatic heterocycles. The number of Topliss-reactive ketones (excluding diaryl/α,β-unsaturated/α-hetero) is 1. The van der Waals surface area contributed by atoms with Crippen molar-refractivity contribution in [2.75, 3.05) is 0 Å². The van der Waals surface area contributed by atoms with E-state index in [1.165, 1.54) is 6.92 Å². The highest BCUT2D eigenvalue weighted by atomic mass is 127. The topological polar surface area (TPSA) is 40.9 Å². The van der Waals surface area contributed by atoms with Gasteiger partial charge in [0.2, 0.25) is 0 Å². The number of aryl methyl sites for hydroxylation is 1. The molecule has 13 heavy (non-hydrogen) atoms. The molecule has 3 heteroatoms. The fourth-order valence-electron chi connectivity index (χ4n) is 1.24. The zero-order chi connectivity index (χ0) is 10.0. The lowest BCUT2D eigenvalue weighted by Crippen LogP contribution is -2.02. The van der Waals surface area contributed by atoms with Crippen LogP contribution in [-0.2, 0) is 0 Å². The first-order chi connectivity index (χ1) is 6.07. The molecule has 0 unspecified atom stereocenters. The smallest absolute Gasteiger partial charge is 0.161 e. The maximum Gasteiger partial charge on any atom is 0.161 e. The summed E-state index contributed by atoms with van der Waals surface area (Å²) in [6, 6.07) is 5.77. The van der Waals surface area contributed by atoms with Gasteiger partial charge < -0.3 is 0 Å². The minimum absolute atomic E-state index is 0.0485. The number of benzene rings is 1. The zero-order valence-corrected chi connectivity index (χ0v) is 9.55. The zero-order valence-electron chi connectivity index (χ0n) is 7.39. The van der Waals surface area contributed by atoms with Crippen molar-refractivity contribution in [3.05, 3.63) is 32.4 Å². The molecular formula is C10H8INO. The summed E-state index contributed by atoms with van der Waals surface area (Å²) in [6.45, 7) is 3.33. The van der Waals surface area contributed by atoms with E-state index >= 15 is 0 Å². The number of ketones is 1. The van der Waals surface area contributed by atoms with Gasteiger partial charge in [0.25, 0.3) is 0 Å². The van der Waals surface area contributed by atoms with Gasteiger partial charge in [-0.25, -0.2) is 0 Å². The Hall–Kier alpha value is -0.890. The monoisotopic (exact) mass is 285 g/mol. The molecular weight excluding hydrogens is 277 g/mol. The van der Waals surface area contributed by atoms with Crippen molar-refractivity contribution < 1.29 is 4.79 Å². The molecule has 0 heterocycles. The average molecular weight is 285 g/mol. The Bertz CT molecular complexity index is 404. The van der Waals surface area contributed by atoms with Crippen molar-refractivity contribution in [1.82, 2.24) is 0 Å². The van der Waals surface area contributed by atoms with Crippen LogP contribution in [0.1, 0.15) is 28.4 Å². The first-order valence-electron chi connectivity index (χ1n) is 3.78. The first kappa shape index (κ1) is 10.2. The van der Waals surface area contributed by atoms with Gasteiger partial charge in [-0.2, -0.15) is 5.26 Å². The van der Waals surface area contributed by atoms with E-state index in [0.717, 1.165) is 9.13 Å². The van der Waals surface area contributed by atoms with Crippen LogP contribution in [0.2, 0.25) is 0 Å². The molecule has 1 rings (SSSR count). The Morgan fingerprint density at radius 3 is 2.54 bits per heavy atom. The third-order valence-electron chi connectivity index (χ3n) is 1.83. The van der Waals surface area contributed by atoms with Crippen molar-refractivity contribution in [2.45, 2.75) is 13.8 Å². The van der Waals surface area contributed by atoms with Crippen molar-refractivity contribution in [3.63, 3.8) is 0 Å². The minimum atomic E-state index is -0.0485. The van der Waals surface area contributed by atoms with Gasteiger partial charge in [-0.1, -0.05) is 6.07 Å². The first-order valence-corrected chi connectivity index (χ1v) is 4.86. The van der Waals surface area contributed by atoms with Gasteiger partial charge in [-0.15, -0.1) is 0 Å². The van der Waals surface area contributed by atoms with Crippen LogP contribution in [0.15, 0.2) is 12.1 Å². The van der Waals surface area contributed by atoms with E-state index in [4.69, 9.17) is 5.26 Å². The number of nitriles is 1. The van der Waals surface area contributed by atoms with E-state index in [0.29, 0.717) is 11.1 Å². The lowest BCUT2D eigenvalue weighted by molar-refractivity contribution is 0.101. The van der Waals surface area contributed by atoms with Crippen molar-refractivity contribution in [3.8, 4) is 6.07 Å². The maximum atomic E-state index is 11.2. The molecule has 0 aliphatic carbocycles. The van der Waals surface area contributed by atoms with Crippen LogP contribution in [0.3, 0.4) is 0 Å². The SMILES string of the molecule is CC(=O)c1c(C)ccc(I)c1C#N. The molecule has 0 spiro atoms. The number of hydrogen-bond donors (Lipinski definition) is 0. The van der Waals surface area contributed by atoms with Crippen LogP contribution >= 0.6 is 22.6 Å². The predicted molar refractivity (Wildman–Crippen MR) is 58.6 cm³/mol. The van der Waals surface area contributed by atoms with Crippen molar-refractivity contribution in [1.29, 1.82) is 5.26 Å². The molecule has 0 aliphatic rings. The maximum absolute atomic E-state index is 11.2. The van der Waals surface area contributed by atoms with Gasteiger partial charge >= 0.3 is 0 Å². The Labute approximate surface area is 90.7 Å². The van der Waals surface area contributed by atoms with Crippen LogP contribution < -0.4 is 0 Å². The van der Waals surface area contributed by atoms with E-state index in [1.807, 2.05) is 19.1 Å². The molecule has 2 nitrogen and oxygen atoms in total. The molecule has 1 aromatic carbocycles. The molecule has 0 amide bonds. The van der Waals surface area contributed by atoms with Gasteiger partial charge in [0, 0.05) is 9.13 Å². The summed E-state index contributed by atoms with van der Waals surface area (Å²) in [5.41, 5.74) is 1.91. The van der Waals surface area contributed by atoms with Gasteiger partial charge in [0.05, 0.1) is 5.56 Å². The summed E-state index contributed by atoms with van der Waals surface area (Å²) < 4.78 is 0.830. The minimum Gasteiger partial charge on any atom is -0.294 e. The molecule has 66 valence electrons. The van der Waals surface area contributed by atoms with E-state index < -0.39 is 0 Å². The second-order valence-electron chi connectivity index (χ2n) is 2.78. The van der Waals surface area contributed by atoms with Gasteiger partial charge in [-0.05, 0) is 48.1 Å². The second kappa shape index (κ2) is 3.88. The molecule has 0 N–H and O–H groups in total. The molecule has 0 radical (unpaired) electrons. The fourth-order valence-corrected chi connectivity index (χ4v) is 1.81. The Balaban J connectivity index is 3.55. The normalized spacial score (nSPS) is 9.38. The number of halogens is 1. The third-order valence-corrected chi connectivity index (χ3v) is 2.73. The molecule has 0 saturated carbocycles. The highest BCUT2D eigenvalue weighted by Crippen LogP contribution is 2.20. The molecule has 0 atom stereocenters. The van der Waals surface area contributed by atoms with Crippen molar-refractivity contribution in [2.24, 2.45) is 0 Å². The number of carbonyl (C=O) groups excluding carboxylic acids is 1. The second-order valence-corrected chi connectivity index (χ2v) is 3.94. The lowest BCUT2D eigenvalue weighted by Gasteiger charge is -2.05. The lowest BCUT2D eigenvalue weighted by atomic mass is 10.00. The molecule has 0 fully saturated rings. The predicted octanol–water partition coefficient (Wildman–Crippen LogP) is 2.67. The summed E-state index contributed by atoms with van der Waals surface area (Å²) in [6.07, 6.45) is 0. The molecule has 1 aromatic rings. The van der Waals surface area contributed by atoms with Crippen LogP contribution in [0.4, 0.5) is 0 Å². The van der Waals surface area contributed by atoms with Crippen LogP contribution in [-0.4, -0.2) is 5.78 Å². The Morgan fingerprint density at radius 2 is 2.15 bits per heavy atom. The molecule has 0 saturated heterocycles. The fraction of sp³-hybridized carbons (Fsp3) is 0.200. The summed E-state index contributed by atoms with van der Waals surface area (Å²) in [5, 5.41) is 8.87. The number of carbonyl (C=O) groups is 1. The standard InChI is InChI=1S/C10H8INO/c1-6-3-4-9(11)8(5-12)10(6)7(2)13/h3-4H,1-2H3. The third kappa shape index (κ3) is 1.89. The number of rotatable bonds is 1. The molecule has 0 aromatic heterocycles. The quantitative estimate of drug-likeness (QED) is 0.588. The average Bonchev–Trinajstić information content (AvgIpc) is 2.07.